The van der Waals surface area contributed by atoms with Gasteiger partial charge in [-0.05, 0) is 24.6 Å². The van der Waals surface area contributed by atoms with Crippen LogP contribution < -0.4 is 4.57 Å². The lowest BCUT2D eigenvalue weighted by Crippen LogP contribution is -2.58. The van der Waals surface area contributed by atoms with E-state index in [4.69, 9.17) is 8.83 Å². The minimum absolute atomic E-state index is 0.156. The van der Waals surface area contributed by atoms with E-state index in [-0.39, 0.29) is 11.3 Å². The van der Waals surface area contributed by atoms with Gasteiger partial charge in [-0.25, -0.2) is 0 Å². The molecular weight excluding hydrogens is 342 g/mol. The molecule has 4 heteroatoms. The van der Waals surface area contributed by atoms with Crippen molar-refractivity contribution in [1.29, 1.82) is 0 Å². The molecule has 0 spiro atoms. The van der Waals surface area contributed by atoms with Gasteiger partial charge in [-0.3, -0.25) is 0 Å². The van der Waals surface area contributed by atoms with Gasteiger partial charge in [-0.15, -0.1) is 0 Å². The Balaban J connectivity index is 1.73. The van der Waals surface area contributed by atoms with E-state index in [0.29, 0.717) is 6.04 Å². The number of furan rings is 2. The summed E-state index contributed by atoms with van der Waals surface area (Å²) in [5.74, 6) is 0.262. The first-order chi connectivity index (χ1) is 12.8. The minimum Gasteiger partial charge on any atom is -0.472 e. The summed E-state index contributed by atoms with van der Waals surface area (Å²) >= 11 is 1.92. The predicted molar refractivity (Wildman–Crippen MR) is 98.5 cm³/mol. The topological polar surface area (TPSA) is 30.2 Å². The number of hydrogen-bond donors (Lipinski definition) is 0. The predicted octanol–water partition coefficient (Wildman–Crippen LogP) is 4.95. The van der Waals surface area contributed by atoms with Crippen LogP contribution in [0.2, 0.25) is 0 Å². The maximum absolute atomic E-state index is 5.55. The van der Waals surface area contributed by atoms with Crippen LogP contribution in [0.1, 0.15) is 50.5 Å². The third kappa shape index (κ3) is 1.65. The van der Waals surface area contributed by atoms with Gasteiger partial charge in [-0.1, -0.05) is 35.6 Å². The molecular formula is C22H18NO2S+. The van der Waals surface area contributed by atoms with Gasteiger partial charge >= 0.3 is 0 Å². The fourth-order valence-corrected chi connectivity index (χ4v) is 6.42. The molecule has 0 saturated heterocycles. The minimum atomic E-state index is -0.156. The number of thiazole rings is 1. The first-order valence-corrected chi connectivity index (χ1v) is 9.76. The molecule has 3 nitrogen and oxygen atoms in total. The van der Waals surface area contributed by atoms with Crippen LogP contribution in [0.25, 0.3) is 0 Å². The van der Waals surface area contributed by atoms with Crippen molar-refractivity contribution >= 4 is 11.3 Å². The number of aromatic nitrogens is 1. The fourth-order valence-electron chi connectivity index (χ4n) is 5.19. The largest absolute Gasteiger partial charge is 0.472 e. The molecule has 4 aromatic rings. The maximum atomic E-state index is 5.55. The van der Waals surface area contributed by atoms with Gasteiger partial charge in [0.15, 0.2) is 12.2 Å². The Morgan fingerprint density at radius 3 is 2.35 bits per heavy atom. The zero-order chi connectivity index (χ0) is 17.3. The number of rotatable bonds is 2. The van der Waals surface area contributed by atoms with Gasteiger partial charge in [0.05, 0.1) is 41.3 Å². The van der Waals surface area contributed by atoms with Crippen molar-refractivity contribution in [2.45, 2.75) is 30.7 Å². The van der Waals surface area contributed by atoms with E-state index in [1.165, 1.54) is 32.1 Å². The zero-order valence-electron chi connectivity index (χ0n) is 14.4. The molecule has 2 atom stereocenters. The Morgan fingerprint density at radius 1 is 1.00 bits per heavy atom. The van der Waals surface area contributed by atoms with E-state index in [1.54, 1.807) is 12.5 Å². The van der Waals surface area contributed by atoms with Gasteiger partial charge in [0.1, 0.15) is 0 Å². The second kappa shape index (κ2) is 4.98. The van der Waals surface area contributed by atoms with Gasteiger partial charge < -0.3 is 8.83 Å². The lowest BCUT2D eigenvalue weighted by Gasteiger charge is -2.47. The highest BCUT2D eigenvalue weighted by molar-refractivity contribution is 7.11. The van der Waals surface area contributed by atoms with Crippen LogP contribution in [0.4, 0.5) is 0 Å². The molecule has 1 aliphatic carbocycles. The Kier molecular flexibility index (Phi) is 2.79. The van der Waals surface area contributed by atoms with E-state index in [9.17, 15) is 0 Å². The number of benzene rings is 1. The number of fused-ring (bicyclic) bond motifs is 1. The monoisotopic (exact) mass is 360 g/mol. The van der Waals surface area contributed by atoms with Crippen LogP contribution in [0.3, 0.4) is 0 Å². The smallest absolute Gasteiger partial charge is 0.246 e. The standard InChI is InChI=1S/C22H18NO2S/c1-14-11-23-19-10-22(15-6-8-24-12-15,16-7-9-25-13-16)20(21(23)26-14)18-5-3-2-4-17(18)19/h2-9,11-13,19-20H,10H2,1H3/q+1. The number of hydrogen-bond acceptors (Lipinski definition) is 3. The summed E-state index contributed by atoms with van der Waals surface area (Å²) < 4.78 is 13.6. The molecule has 7 rings (SSSR count). The van der Waals surface area contributed by atoms with E-state index in [0.717, 1.165) is 6.42 Å². The van der Waals surface area contributed by atoms with Crippen LogP contribution in [0.15, 0.2) is 76.5 Å². The Hall–Kier alpha value is -2.59. The molecule has 2 aliphatic heterocycles. The number of aryl methyl sites for hydroxylation is 1. The second-order valence-electron chi connectivity index (χ2n) is 7.36. The summed E-state index contributed by atoms with van der Waals surface area (Å²) in [6, 6.07) is 13.5. The molecule has 128 valence electrons. The summed E-state index contributed by atoms with van der Waals surface area (Å²) in [5, 5.41) is 1.43. The molecule has 0 N–H and O–H groups in total. The van der Waals surface area contributed by atoms with Gasteiger partial charge in [0.25, 0.3) is 0 Å². The highest BCUT2D eigenvalue weighted by Crippen LogP contribution is 2.60. The van der Waals surface area contributed by atoms with Crippen molar-refractivity contribution < 1.29 is 13.4 Å². The van der Waals surface area contributed by atoms with Gasteiger partial charge in [0, 0.05) is 23.1 Å². The van der Waals surface area contributed by atoms with Gasteiger partial charge in [0.2, 0.25) is 5.01 Å². The molecule has 2 bridgehead atoms. The molecule has 1 aromatic carbocycles. The number of nitrogens with zero attached hydrogens (tertiary/aromatic N) is 1. The summed E-state index contributed by atoms with van der Waals surface area (Å²) in [6.45, 7) is 2.21. The Morgan fingerprint density at radius 2 is 1.69 bits per heavy atom. The molecule has 3 aliphatic rings. The van der Waals surface area contributed by atoms with E-state index < -0.39 is 0 Å². The summed E-state index contributed by atoms with van der Waals surface area (Å²) in [5.41, 5.74) is 5.21. The fraction of sp³-hybridized carbons (Fsp3) is 0.227. The first kappa shape index (κ1) is 14.6. The zero-order valence-corrected chi connectivity index (χ0v) is 15.2. The third-order valence-electron chi connectivity index (χ3n) is 6.17. The van der Waals surface area contributed by atoms with E-state index in [1.807, 2.05) is 23.9 Å². The highest BCUT2D eigenvalue weighted by atomic mass is 32.1. The molecule has 0 radical (unpaired) electrons. The Labute approximate surface area is 155 Å². The van der Waals surface area contributed by atoms with Crippen LogP contribution in [-0.2, 0) is 5.41 Å². The van der Waals surface area contributed by atoms with Crippen molar-refractivity contribution in [2.75, 3.05) is 0 Å². The quantitative estimate of drug-likeness (QED) is 0.473. The van der Waals surface area contributed by atoms with E-state index >= 15 is 0 Å². The van der Waals surface area contributed by atoms with Crippen molar-refractivity contribution in [3.8, 4) is 0 Å². The molecule has 5 heterocycles. The van der Waals surface area contributed by atoms with Crippen LogP contribution in [0.5, 0.6) is 0 Å². The lowest BCUT2D eigenvalue weighted by molar-refractivity contribution is -0.727. The highest BCUT2D eigenvalue weighted by Gasteiger charge is 2.61. The summed E-state index contributed by atoms with van der Waals surface area (Å²) in [7, 11) is 0. The molecule has 0 fully saturated rings. The Bertz CT molecular complexity index is 1060. The molecule has 3 aromatic heterocycles. The summed E-state index contributed by atoms with van der Waals surface area (Å²) in [4.78, 5) is 1.36. The molecule has 0 amide bonds. The van der Waals surface area contributed by atoms with Crippen LogP contribution >= 0.6 is 11.3 Å². The lowest BCUT2D eigenvalue weighted by atomic mass is 9.55. The molecule has 2 unspecified atom stereocenters. The van der Waals surface area contributed by atoms with Crippen molar-refractivity contribution in [3.05, 3.63) is 99.8 Å². The van der Waals surface area contributed by atoms with Crippen molar-refractivity contribution in [3.63, 3.8) is 0 Å². The summed E-state index contributed by atoms with van der Waals surface area (Å²) in [6.07, 6.45) is 10.8. The normalized spacial score (nSPS) is 22.2. The van der Waals surface area contributed by atoms with Crippen molar-refractivity contribution in [1.82, 2.24) is 0 Å². The SMILES string of the molecule is Cc1c[n+]2c(s1)C1c3ccccc3C2CC1(c1ccoc1)c1ccoc1. The van der Waals surface area contributed by atoms with Crippen molar-refractivity contribution in [2.24, 2.45) is 0 Å². The maximum Gasteiger partial charge on any atom is 0.246 e. The average molecular weight is 360 g/mol. The van der Waals surface area contributed by atoms with E-state index in [2.05, 4.69) is 54.1 Å². The third-order valence-corrected chi connectivity index (χ3v) is 7.25. The second-order valence-corrected chi connectivity index (χ2v) is 8.63. The molecule has 0 saturated carbocycles. The average Bonchev–Trinajstić information content (AvgIpc) is 3.42. The molecule has 26 heavy (non-hydrogen) atoms. The van der Waals surface area contributed by atoms with Crippen LogP contribution in [-0.4, -0.2) is 0 Å². The van der Waals surface area contributed by atoms with Gasteiger partial charge in [-0.2, -0.15) is 4.57 Å². The van der Waals surface area contributed by atoms with Crippen LogP contribution in [0, 0.1) is 6.92 Å². The first-order valence-electron chi connectivity index (χ1n) is 8.94.